The summed E-state index contributed by atoms with van der Waals surface area (Å²) in [6, 6.07) is 68.1. The lowest BCUT2D eigenvalue weighted by Gasteiger charge is -2.35. The van der Waals surface area contributed by atoms with Crippen molar-refractivity contribution in [2.24, 2.45) is 0 Å². The third kappa shape index (κ3) is 4.17. The van der Waals surface area contributed by atoms with Crippen molar-refractivity contribution in [1.82, 2.24) is 0 Å². The predicted molar refractivity (Wildman–Crippen MR) is 184 cm³/mol. The zero-order chi connectivity index (χ0) is 29.3. The molecule has 1 nitrogen and oxygen atoms in total. The van der Waals surface area contributed by atoms with E-state index in [-0.39, 0.29) is 0 Å². The topological polar surface area (TPSA) is 3.24 Å². The van der Waals surface area contributed by atoms with Crippen LogP contribution in [0.3, 0.4) is 0 Å². The van der Waals surface area contributed by atoms with Gasteiger partial charge in [-0.3, -0.25) is 0 Å². The van der Waals surface area contributed by atoms with Crippen LogP contribution in [0.2, 0.25) is 0 Å². The van der Waals surface area contributed by atoms with E-state index in [2.05, 4.69) is 193 Å². The Morgan fingerprint density at radius 2 is 0.773 bits per heavy atom. The van der Waals surface area contributed by atoms with E-state index in [0.29, 0.717) is 0 Å². The number of hydrogen-bond donors (Lipinski definition) is 0. The summed E-state index contributed by atoms with van der Waals surface area (Å²) in [5, 5.41) is 0. The molecule has 0 spiro atoms. The van der Waals surface area contributed by atoms with Crippen molar-refractivity contribution >= 4 is 17.1 Å². The molecular weight excluding hydrogens is 530 g/mol. The lowest BCUT2D eigenvalue weighted by molar-refractivity contribution is 0.768. The molecule has 208 valence electrons. The molecule has 44 heavy (non-hydrogen) atoms. The van der Waals surface area contributed by atoms with Crippen LogP contribution in [0.25, 0.3) is 22.3 Å². The third-order valence-corrected chi connectivity index (χ3v) is 8.95. The van der Waals surface area contributed by atoms with E-state index in [1.807, 2.05) is 0 Å². The highest BCUT2D eigenvalue weighted by molar-refractivity contribution is 5.89. The lowest BCUT2D eigenvalue weighted by atomic mass is 9.67. The molecule has 0 N–H and O–H groups in total. The molecule has 0 fully saturated rings. The Hall–Kier alpha value is -5.66. The van der Waals surface area contributed by atoms with E-state index in [1.54, 1.807) is 0 Å². The first-order valence-electron chi connectivity index (χ1n) is 15.2. The number of para-hydroxylation sites is 1. The Morgan fingerprint density at radius 1 is 0.318 bits per heavy atom. The summed E-state index contributed by atoms with van der Waals surface area (Å²) < 4.78 is 0. The number of benzene rings is 7. The van der Waals surface area contributed by atoms with Gasteiger partial charge in [0.2, 0.25) is 0 Å². The van der Waals surface area contributed by atoms with E-state index in [9.17, 15) is 0 Å². The maximum absolute atomic E-state index is 2.42. The van der Waals surface area contributed by atoms with Crippen LogP contribution in [0, 0.1) is 0 Å². The molecule has 0 saturated carbocycles. The molecule has 0 aliphatic heterocycles. The Balaban J connectivity index is 1.36. The third-order valence-electron chi connectivity index (χ3n) is 8.95. The normalized spacial score (nSPS) is 12.7. The highest BCUT2D eigenvalue weighted by Gasteiger charge is 2.46. The minimum absolute atomic E-state index is 0.440. The first-order chi connectivity index (χ1) is 21.8. The van der Waals surface area contributed by atoms with Crippen LogP contribution in [0.1, 0.15) is 22.3 Å². The molecule has 7 aromatic rings. The molecule has 1 aliphatic rings. The van der Waals surface area contributed by atoms with Gasteiger partial charge >= 0.3 is 0 Å². The summed E-state index contributed by atoms with van der Waals surface area (Å²) in [6.45, 7) is 0. The second-order valence-electron chi connectivity index (χ2n) is 11.3. The van der Waals surface area contributed by atoms with E-state index >= 15 is 0 Å². The van der Waals surface area contributed by atoms with E-state index in [1.165, 1.54) is 44.5 Å². The van der Waals surface area contributed by atoms with Crippen LogP contribution < -0.4 is 4.90 Å². The minimum atomic E-state index is -0.440. The summed E-state index contributed by atoms with van der Waals surface area (Å²) in [6.07, 6.45) is 0. The van der Waals surface area contributed by atoms with E-state index < -0.39 is 5.41 Å². The molecule has 0 radical (unpaired) electrons. The van der Waals surface area contributed by atoms with E-state index in [0.717, 1.165) is 17.1 Å². The molecule has 0 bridgehead atoms. The van der Waals surface area contributed by atoms with Crippen molar-refractivity contribution in [1.29, 1.82) is 0 Å². The molecule has 8 rings (SSSR count). The van der Waals surface area contributed by atoms with Crippen LogP contribution >= 0.6 is 0 Å². The van der Waals surface area contributed by atoms with Gasteiger partial charge in [0.15, 0.2) is 0 Å². The van der Waals surface area contributed by atoms with Gasteiger partial charge in [0.25, 0.3) is 0 Å². The molecule has 7 aromatic carbocycles. The standard InChI is InChI=1S/C43H31N/c1-5-15-32(16-6-1)33-25-27-37(28-26-33)44(36-21-11-4-12-22-36)38-29-30-40-39-23-13-14-24-41(39)43(42(40)31-38,34-17-7-2-8-18-34)35-19-9-3-10-20-35/h1-31H. The smallest absolute Gasteiger partial charge is 0.0714 e. The Bertz CT molecular complexity index is 1990. The molecule has 1 heteroatoms. The summed E-state index contributed by atoms with van der Waals surface area (Å²) in [4.78, 5) is 2.37. The van der Waals surface area contributed by atoms with Crippen LogP contribution in [-0.4, -0.2) is 0 Å². The van der Waals surface area contributed by atoms with Crippen molar-refractivity contribution in [2.75, 3.05) is 4.90 Å². The van der Waals surface area contributed by atoms with Gasteiger partial charge in [0.1, 0.15) is 0 Å². The number of fused-ring (bicyclic) bond motifs is 3. The monoisotopic (exact) mass is 561 g/mol. The van der Waals surface area contributed by atoms with Gasteiger partial charge in [-0.2, -0.15) is 0 Å². The zero-order valence-electron chi connectivity index (χ0n) is 24.3. The second-order valence-corrected chi connectivity index (χ2v) is 11.3. The number of anilines is 3. The average Bonchev–Trinajstić information content (AvgIpc) is 3.41. The van der Waals surface area contributed by atoms with Gasteiger partial charge in [-0.25, -0.2) is 0 Å². The molecule has 0 amide bonds. The highest BCUT2D eigenvalue weighted by atomic mass is 15.1. The minimum Gasteiger partial charge on any atom is -0.310 e. The van der Waals surface area contributed by atoms with Crippen LogP contribution in [0.4, 0.5) is 17.1 Å². The molecule has 0 saturated heterocycles. The van der Waals surface area contributed by atoms with Gasteiger partial charge < -0.3 is 4.90 Å². The summed E-state index contributed by atoms with van der Waals surface area (Å²) >= 11 is 0. The van der Waals surface area contributed by atoms with Crippen LogP contribution in [0.15, 0.2) is 188 Å². The van der Waals surface area contributed by atoms with Gasteiger partial charge in [-0.05, 0) is 80.9 Å². The van der Waals surface area contributed by atoms with Crippen molar-refractivity contribution in [3.63, 3.8) is 0 Å². The van der Waals surface area contributed by atoms with Crippen LogP contribution in [0.5, 0.6) is 0 Å². The zero-order valence-corrected chi connectivity index (χ0v) is 24.3. The Labute approximate surface area is 259 Å². The van der Waals surface area contributed by atoms with Gasteiger partial charge in [0.05, 0.1) is 5.41 Å². The highest BCUT2D eigenvalue weighted by Crippen LogP contribution is 2.57. The molecule has 0 heterocycles. The Morgan fingerprint density at radius 3 is 1.41 bits per heavy atom. The van der Waals surface area contributed by atoms with Crippen molar-refractivity contribution in [2.45, 2.75) is 5.41 Å². The molecule has 0 aromatic heterocycles. The lowest BCUT2D eigenvalue weighted by Crippen LogP contribution is -2.28. The average molecular weight is 562 g/mol. The maximum atomic E-state index is 2.42. The van der Waals surface area contributed by atoms with Gasteiger partial charge in [-0.15, -0.1) is 0 Å². The van der Waals surface area contributed by atoms with Crippen molar-refractivity contribution in [3.8, 4) is 22.3 Å². The van der Waals surface area contributed by atoms with E-state index in [4.69, 9.17) is 0 Å². The SMILES string of the molecule is c1ccc(-c2ccc(N(c3ccccc3)c3ccc4c(c3)C(c3ccccc3)(c3ccccc3)c3ccccc3-4)cc2)cc1. The number of hydrogen-bond acceptors (Lipinski definition) is 1. The molecule has 0 unspecified atom stereocenters. The predicted octanol–water partition coefficient (Wildman–Crippen LogP) is 11.2. The fourth-order valence-electron chi connectivity index (χ4n) is 7.03. The Kier molecular flexibility index (Phi) is 6.43. The largest absolute Gasteiger partial charge is 0.310 e. The summed E-state index contributed by atoms with van der Waals surface area (Å²) in [7, 11) is 0. The fraction of sp³-hybridized carbons (Fsp3) is 0.0233. The fourth-order valence-corrected chi connectivity index (χ4v) is 7.03. The van der Waals surface area contributed by atoms with Crippen molar-refractivity contribution in [3.05, 3.63) is 210 Å². The van der Waals surface area contributed by atoms with Crippen LogP contribution in [-0.2, 0) is 5.41 Å². The molecule has 0 atom stereocenters. The quantitative estimate of drug-likeness (QED) is 0.195. The summed E-state index contributed by atoms with van der Waals surface area (Å²) in [5.74, 6) is 0. The first-order valence-corrected chi connectivity index (χ1v) is 15.2. The van der Waals surface area contributed by atoms with Gasteiger partial charge in [0, 0.05) is 17.1 Å². The maximum Gasteiger partial charge on any atom is 0.0714 e. The van der Waals surface area contributed by atoms with Crippen molar-refractivity contribution < 1.29 is 0 Å². The summed E-state index contributed by atoms with van der Waals surface area (Å²) in [5.41, 5.74) is 13.1. The molecule has 1 aliphatic carbocycles. The van der Waals surface area contributed by atoms with Gasteiger partial charge in [-0.1, -0.05) is 152 Å². The first kappa shape index (κ1) is 26.0. The molecular formula is C43H31N. The number of nitrogens with zero attached hydrogens (tertiary/aromatic N) is 1. The second kappa shape index (κ2) is 10.9. The number of rotatable bonds is 6.